The number of rotatable bonds is 4. The summed E-state index contributed by atoms with van der Waals surface area (Å²) in [5.41, 5.74) is 2.68. The molecular weight excluding hydrogens is 226 g/mol. The van der Waals surface area contributed by atoms with E-state index in [1.54, 1.807) is 0 Å². The van der Waals surface area contributed by atoms with Gasteiger partial charge in [0.05, 0.1) is 0 Å². The van der Waals surface area contributed by atoms with E-state index in [9.17, 15) is 4.79 Å². The number of aromatic nitrogens is 1. The highest BCUT2D eigenvalue weighted by atomic mass is 16.1. The lowest BCUT2D eigenvalue weighted by Gasteiger charge is -2.10. The van der Waals surface area contributed by atoms with Crippen LogP contribution in [0.3, 0.4) is 0 Å². The molecule has 2 N–H and O–H groups in total. The molecule has 0 bridgehead atoms. The zero-order valence-electron chi connectivity index (χ0n) is 11.1. The van der Waals surface area contributed by atoms with Gasteiger partial charge in [0.1, 0.15) is 5.69 Å². The molecule has 0 fully saturated rings. The Bertz CT molecular complexity index is 557. The summed E-state index contributed by atoms with van der Waals surface area (Å²) in [6.07, 6.45) is 0. The Balaban J connectivity index is 2.15. The SMILES string of the molecule is Cc1c(C(=O)NCCN(C)C)[nH]c2ccccc12. The van der Waals surface area contributed by atoms with Crippen molar-refractivity contribution in [3.05, 3.63) is 35.5 Å². The van der Waals surface area contributed by atoms with E-state index in [0.717, 1.165) is 23.0 Å². The van der Waals surface area contributed by atoms with Crippen LogP contribution in [0.2, 0.25) is 0 Å². The van der Waals surface area contributed by atoms with Gasteiger partial charge in [0, 0.05) is 24.0 Å². The second-order valence-electron chi connectivity index (χ2n) is 4.73. The second kappa shape index (κ2) is 5.23. The molecule has 0 aliphatic carbocycles. The average molecular weight is 245 g/mol. The van der Waals surface area contributed by atoms with E-state index in [0.29, 0.717) is 12.2 Å². The number of para-hydroxylation sites is 1. The Morgan fingerprint density at radius 3 is 2.72 bits per heavy atom. The summed E-state index contributed by atoms with van der Waals surface area (Å²) in [6, 6.07) is 7.96. The van der Waals surface area contributed by atoms with Crippen molar-refractivity contribution >= 4 is 16.8 Å². The van der Waals surface area contributed by atoms with Crippen molar-refractivity contribution in [2.45, 2.75) is 6.92 Å². The summed E-state index contributed by atoms with van der Waals surface area (Å²) in [4.78, 5) is 17.3. The maximum absolute atomic E-state index is 12.1. The standard InChI is InChI=1S/C14H19N3O/c1-10-11-6-4-5-7-12(11)16-13(10)14(18)15-8-9-17(2)3/h4-7,16H,8-9H2,1-3H3,(H,15,18). The quantitative estimate of drug-likeness (QED) is 0.862. The summed E-state index contributed by atoms with van der Waals surface area (Å²) >= 11 is 0. The Hall–Kier alpha value is -1.81. The Morgan fingerprint density at radius 1 is 1.33 bits per heavy atom. The normalized spacial score (nSPS) is 11.1. The summed E-state index contributed by atoms with van der Waals surface area (Å²) in [5.74, 6) is -0.0365. The van der Waals surface area contributed by atoms with Crippen molar-refractivity contribution in [1.82, 2.24) is 15.2 Å². The first-order chi connectivity index (χ1) is 8.59. The number of aromatic amines is 1. The number of H-pyrrole nitrogens is 1. The van der Waals surface area contributed by atoms with Crippen molar-refractivity contribution in [2.75, 3.05) is 27.2 Å². The molecule has 0 radical (unpaired) electrons. The minimum Gasteiger partial charge on any atom is -0.350 e. The average Bonchev–Trinajstić information content (AvgIpc) is 2.67. The van der Waals surface area contributed by atoms with E-state index in [1.807, 2.05) is 50.2 Å². The van der Waals surface area contributed by atoms with Crippen LogP contribution in [0.4, 0.5) is 0 Å². The number of hydrogen-bond donors (Lipinski definition) is 2. The molecule has 4 nitrogen and oxygen atoms in total. The topological polar surface area (TPSA) is 48.1 Å². The van der Waals surface area contributed by atoms with Crippen molar-refractivity contribution in [3.63, 3.8) is 0 Å². The molecule has 2 aromatic rings. The summed E-state index contributed by atoms with van der Waals surface area (Å²) in [6.45, 7) is 3.46. The summed E-state index contributed by atoms with van der Waals surface area (Å²) in [5, 5.41) is 4.03. The number of nitrogens with zero attached hydrogens (tertiary/aromatic N) is 1. The van der Waals surface area contributed by atoms with Crippen LogP contribution >= 0.6 is 0 Å². The maximum atomic E-state index is 12.1. The van der Waals surface area contributed by atoms with Gasteiger partial charge in [-0.15, -0.1) is 0 Å². The summed E-state index contributed by atoms with van der Waals surface area (Å²) < 4.78 is 0. The molecule has 4 heteroatoms. The molecule has 1 aromatic carbocycles. The van der Waals surface area contributed by atoms with Gasteiger partial charge in [-0.25, -0.2) is 0 Å². The van der Waals surface area contributed by atoms with E-state index < -0.39 is 0 Å². The number of nitrogens with one attached hydrogen (secondary N) is 2. The van der Waals surface area contributed by atoms with E-state index >= 15 is 0 Å². The van der Waals surface area contributed by atoms with Crippen LogP contribution in [0.5, 0.6) is 0 Å². The smallest absolute Gasteiger partial charge is 0.268 e. The number of amides is 1. The minimum atomic E-state index is -0.0365. The van der Waals surface area contributed by atoms with Gasteiger partial charge in [0.2, 0.25) is 0 Å². The van der Waals surface area contributed by atoms with Crippen LogP contribution in [0.25, 0.3) is 10.9 Å². The monoisotopic (exact) mass is 245 g/mol. The van der Waals surface area contributed by atoms with Gasteiger partial charge in [-0.3, -0.25) is 4.79 Å². The van der Waals surface area contributed by atoms with E-state index in [2.05, 4.69) is 10.3 Å². The van der Waals surface area contributed by atoms with Gasteiger partial charge in [-0.1, -0.05) is 18.2 Å². The zero-order chi connectivity index (χ0) is 13.1. The lowest BCUT2D eigenvalue weighted by Crippen LogP contribution is -2.31. The van der Waals surface area contributed by atoms with Crippen molar-refractivity contribution < 1.29 is 4.79 Å². The fourth-order valence-electron chi connectivity index (χ4n) is 1.99. The first-order valence-electron chi connectivity index (χ1n) is 6.10. The number of aryl methyl sites for hydroxylation is 1. The molecule has 2 rings (SSSR count). The third-order valence-corrected chi connectivity index (χ3v) is 3.04. The third-order valence-electron chi connectivity index (χ3n) is 3.04. The molecule has 1 heterocycles. The van der Waals surface area contributed by atoms with E-state index in [4.69, 9.17) is 0 Å². The molecule has 0 atom stereocenters. The van der Waals surface area contributed by atoms with Gasteiger partial charge >= 0.3 is 0 Å². The van der Waals surface area contributed by atoms with Crippen LogP contribution < -0.4 is 5.32 Å². The van der Waals surface area contributed by atoms with Crippen molar-refractivity contribution in [2.24, 2.45) is 0 Å². The number of likely N-dealkylation sites (N-methyl/N-ethyl adjacent to an activating group) is 1. The minimum absolute atomic E-state index is 0.0365. The number of carbonyl (C=O) groups is 1. The molecular formula is C14H19N3O. The molecule has 0 aliphatic heterocycles. The van der Waals surface area contributed by atoms with Crippen molar-refractivity contribution in [1.29, 1.82) is 0 Å². The summed E-state index contributed by atoms with van der Waals surface area (Å²) in [7, 11) is 3.97. The molecule has 0 aliphatic rings. The number of benzene rings is 1. The fraction of sp³-hybridized carbons (Fsp3) is 0.357. The van der Waals surface area contributed by atoms with E-state index in [1.165, 1.54) is 0 Å². The maximum Gasteiger partial charge on any atom is 0.268 e. The largest absolute Gasteiger partial charge is 0.350 e. The van der Waals surface area contributed by atoms with Gasteiger partial charge < -0.3 is 15.2 Å². The van der Waals surface area contributed by atoms with E-state index in [-0.39, 0.29) is 5.91 Å². The first-order valence-corrected chi connectivity index (χ1v) is 6.10. The number of carbonyl (C=O) groups excluding carboxylic acids is 1. The van der Waals surface area contributed by atoms with Crippen LogP contribution in [0.1, 0.15) is 16.1 Å². The number of hydrogen-bond acceptors (Lipinski definition) is 2. The first kappa shape index (κ1) is 12.6. The lowest BCUT2D eigenvalue weighted by atomic mass is 10.1. The molecule has 0 saturated heterocycles. The molecule has 0 spiro atoms. The fourth-order valence-corrected chi connectivity index (χ4v) is 1.99. The predicted octanol–water partition coefficient (Wildman–Crippen LogP) is 1.77. The molecule has 1 amide bonds. The van der Waals surface area contributed by atoms with Crippen LogP contribution in [-0.4, -0.2) is 43.0 Å². The second-order valence-corrected chi connectivity index (χ2v) is 4.73. The highest BCUT2D eigenvalue weighted by Crippen LogP contribution is 2.20. The van der Waals surface area contributed by atoms with Gasteiger partial charge in [-0.2, -0.15) is 0 Å². The van der Waals surface area contributed by atoms with Crippen LogP contribution in [0, 0.1) is 6.92 Å². The molecule has 18 heavy (non-hydrogen) atoms. The zero-order valence-corrected chi connectivity index (χ0v) is 11.1. The molecule has 96 valence electrons. The highest BCUT2D eigenvalue weighted by Gasteiger charge is 2.13. The van der Waals surface area contributed by atoms with Gasteiger partial charge in [0.15, 0.2) is 0 Å². The molecule has 0 saturated carbocycles. The number of fused-ring (bicyclic) bond motifs is 1. The predicted molar refractivity (Wildman–Crippen MR) is 73.9 cm³/mol. The van der Waals surface area contributed by atoms with Crippen LogP contribution in [0.15, 0.2) is 24.3 Å². The Kier molecular flexibility index (Phi) is 3.67. The Labute approximate surface area is 107 Å². The lowest BCUT2D eigenvalue weighted by molar-refractivity contribution is 0.0946. The van der Waals surface area contributed by atoms with Gasteiger partial charge in [-0.05, 0) is 32.6 Å². The van der Waals surface area contributed by atoms with Crippen LogP contribution in [-0.2, 0) is 0 Å². The highest BCUT2D eigenvalue weighted by molar-refractivity contribution is 6.00. The Morgan fingerprint density at radius 2 is 2.06 bits per heavy atom. The molecule has 0 unspecified atom stereocenters. The van der Waals surface area contributed by atoms with Gasteiger partial charge in [0.25, 0.3) is 5.91 Å². The molecule has 1 aromatic heterocycles. The third kappa shape index (κ3) is 2.54. The van der Waals surface area contributed by atoms with Crippen molar-refractivity contribution in [3.8, 4) is 0 Å².